The predicted octanol–water partition coefficient (Wildman–Crippen LogP) is 7.07. The predicted molar refractivity (Wildman–Crippen MR) is 171 cm³/mol. The SMILES string of the molecule is C=Cc1cc2c(N3CCC4(CC3)CN(C(=O)OC(C)(C)C)C4)nc(OC3CCC(N(C)C)CC3)nc2c(OCC(F)(F)F)c1Br. The minimum absolute atomic E-state index is 0.00305. The Hall–Kier alpha value is -2.80. The van der Waals surface area contributed by atoms with Crippen LogP contribution < -0.4 is 14.4 Å². The number of fused-ring (bicyclic) bond motifs is 1. The van der Waals surface area contributed by atoms with E-state index in [4.69, 9.17) is 19.2 Å². The first kappa shape index (κ1) is 33.6. The van der Waals surface area contributed by atoms with Gasteiger partial charge in [0.25, 0.3) is 0 Å². The zero-order valence-corrected chi connectivity index (χ0v) is 28.3. The van der Waals surface area contributed by atoms with Gasteiger partial charge in [-0.3, -0.25) is 0 Å². The summed E-state index contributed by atoms with van der Waals surface area (Å²) in [5.74, 6) is 0.563. The van der Waals surface area contributed by atoms with Crippen LogP contribution in [-0.2, 0) is 4.74 Å². The highest BCUT2D eigenvalue weighted by Crippen LogP contribution is 2.45. The average Bonchev–Trinajstić information content (AvgIpc) is 2.93. The number of anilines is 1. The largest absolute Gasteiger partial charge is 0.481 e. The Kier molecular flexibility index (Phi) is 9.53. The molecular weight excluding hydrogens is 655 g/mol. The summed E-state index contributed by atoms with van der Waals surface area (Å²) < 4.78 is 57.5. The molecule has 0 bridgehead atoms. The molecule has 3 aliphatic rings. The number of aromatic nitrogens is 2. The smallest absolute Gasteiger partial charge is 0.422 e. The molecule has 9 nitrogen and oxygen atoms in total. The molecule has 5 rings (SSSR count). The van der Waals surface area contributed by atoms with Crippen LogP contribution in [0.5, 0.6) is 11.8 Å². The summed E-state index contributed by atoms with van der Waals surface area (Å²) in [5, 5.41) is 0.564. The molecule has 1 amide bonds. The lowest BCUT2D eigenvalue weighted by molar-refractivity contribution is -0.153. The van der Waals surface area contributed by atoms with Crippen molar-refractivity contribution in [2.75, 3.05) is 51.8 Å². The number of amides is 1. The van der Waals surface area contributed by atoms with Gasteiger partial charge in [-0.15, -0.1) is 0 Å². The molecule has 0 atom stereocenters. The molecule has 13 heteroatoms. The third-order valence-electron chi connectivity index (χ3n) is 8.95. The molecule has 3 heterocycles. The fraction of sp³-hybridized carbons (Fsp3) is 0.656. The quantitative estimate of drug-likeness (QED) is 0.304. The molecule has 1 saturated carbocycles. The molecule has 248 valence electrons. The summed E-state index contributed by atoms with van der Waals surface area (Å²) >= 11 is 3.44. The summed E-state index contributed by atoms with van der Waals surface area (Å²) in [6, 6.07) is 2.43. The number of hydrogen-bond acceptors (Lipinski definition) is 8. The summed E-state index contributed by atoms with van der Waals surface area (Å²) in [5.41, 5.74) is 0.265. The molecule has 1 aromatic carbocycles. The first-order valence-electron chi connectivity index (χ1n) is 15.5. The number of halogens is 4. The Morgan fingerprint density at radius 2 is 1.78 bits per heavy atom. The van der Waals surface area contributed by atoms with Crippen LogP contribution >= 0.6 is 15.9 Å². The summed E-state index contributed by atoms with van der Waals surface area (Å²) in [7, 11) is 4.15. The number of likely N-dealkylation sites (tertiary alicyclic amines) is 1. The lowest BCUT2D eigenvalue weighted by atomic mass is 9.72. The molecule has 2 aromatic rings. The summed E-state index contributed by atoms with van der Waals surface area (Å²) in [6.45, 7) is 10.5. The molecule has 45 heavy (non-hydrogen) atoms. The van der Waals surface area contributed by atoms with Crippen LogP contribution in [0.15, 0.2) is 17.1 Å². The van der Waals surface area contributed by atoms with Gasteiger partial charge in [-0.05, 0) is 101 Å². The standard InChI is InChI=1S/C32H43BrF3N5O4/c1-7-20-16-23-25(26(24(20)33)43-19-32(34,35)36)37-28(44-22-10-8-21(9-11-22)39(5)6)38-27(23)40-14-12-31(13-15-40)17-41(18-31)29(42)45-30(2,3)4/h7,16,21-22H,1,8-15,17-19H2,2-6H3. The maximum atomic E-state index is 13.3. The van der Waals surface area contributed by atoms with Crippen molar-refractivity contribution in [1.82, 2.24) is 19.8 Å². The van der Waals surface area contributed by atoms with Crippen molar-refractivity contribution < 1.29 is 32.2 Å². The van der Waals surface area contributed by atoms with E-state index in [0.29, 0.717) is 53.5 Å². The number of nitrogens with zero attached hydrogens (tertiary/aromatic N) is 5. The van der Waals surface area contributed by atoms with Crippen molar-refractivity contribution in [3.05, 3.63) is 22.7 Å². The number of alkyl halides is 3. The molecule has 1 aromatic heterocycles. The minimum atomic E-state index is -4.53. The monoisotopic (exact) mass is 697 g/mol. The number of ether oxygens (including phenoxy) is 3. The Morgan fingerprint density at radius 3 is 2.33 bits per heavy atom. The topological polar surface area (TPSA) is 80.3 Å². The normalized spacial score (nSPS) is 22.0. The fourth-order valence-corrected chi connectivity index (χ4v) is 7.06. The van der Waals surface area contributed by atoms with E-state index in [9.17, 15) is 18.0 Å². The van der Waals surface area contributed by atoms with E-state index in [1.54, 1.807) is 11.0 Å². The Bertz CT molecular complexity index is 1410. The van der Waals surface area contributed by atoms with Gasteiger partial charge in [-0.1, -0.05) is 12.7 Å². The highest BCUT2D eigenvalue weighted by molar-refractivity contribution is 9.10. The Balaban J connectivity index is 1.43. The third-order valence-corrected chi connectivity index (χ3v) is 9.76. The van der Waals surface area contributed by atoms with Gasteiger partial charge in [0.2, 0.25) is 0 Å². The van der Waals surface area contributed by atoms with Crippen LogP contribution in [-0.4, -0.2) is 96.7 Å². The average molecular weight is 699 g/mol. The van der Waals surface area contributed by atoms with Crippen molar-refractivity contribution in [2.24, 2.45) is 5.41 Å². The number of hydrogen-bond donors (Lipinski definition) is 0. The number of carbonyl (C=O) groups is 1. The van der Waals surface area contributed by atoms with E-state index in [2.05, 4.69) is 51.4 Å². The van der Waals surface area contributed by atoms with Crippen LogP contribution in [0.3, 0.4) is 0 Å². The Labute approximate surface area is 271 Å². The van der Waals surface area contributed by atoms with Gasteiger partial charge in [-0.2, -0.15) is 23.1 Å². The zero-order valence-electron chi connectivity index (χ0n) is 26.7. The first-order valence-corrected chi connectivity index (χ1v) is 16.3. The lowest BCUT2D eigenvalue weighted by Crippen LogP contribution is -2.62. The molecule has 0 radical (unpaired) electrons. The van der Waals surface area contributed by atoms with Crippen LogP contribution in [0.2, 0.25) is 0 Å². The van der Waals surface area contributed by atoms with Crippen LogP contribution in [0.1, 0.15) is 64.9 Å². The second-order valence-electron chi connectivity index (χ2n) is 13.8. The molecular formula is C32H43BrF3N5O4. The summed E-state index contributed by atoms with van der Waals surface area (Å²) in [6.07, 6.45) is 1.89. The fourth-order valence-electron chi connectivity index (χ4n) is 6.48. The molecule has 3 fully saturated rings. The van der Waals surface area contributed by atoms with Gasteiger partial charge >= 0.3 is 18.3 Å². The molecule has 1 spiro atoms. The van der Waals surface area contributed by atoms with Gasteiger partial charge in [0.15, 0.2) is 12.4 Å². The first-order chi connectivity index (χ1) is 21.1. The minimum Gasteiger partial charge on any atom is -0.481 e. The number of rotatable bonds is 7. The van der Waals surface area contributed by atoms with Crippen LogP contribution in [0, 0.1) is 5.41 Å². The zero-order chi connectivity index (χ0) is 32.7. The van der Waals surface area contributed by atoms with E-state index in [1.165, 1.54) is 0 Å². The molecule has 0 N–H and O–H groups in total. The van der Waals surface area contributed by atoms with Gasteiger partial charge in [0, 0.05) is 43.0 Å². The molecule has 0 unspecified atom stereocenters. The number of carbonyl (C=O) groups excluding carboxylic acids is 1. The lowest BCUT2D eigenvalue weighted by Gasteiger charge is -2.53. The summed E-state index contributed by atoms with van der Waals surface area (Å²) in [4.78, 5) is 28.2. The number of benzene rings is 1. The third kappa shape index (κ3) is 7.78. The van der Waals surface area contributed by atoms with Crippen LogP contribution in [0.25, 0.3) is 17.0 Å². The number of piperidine rings is 1. The maximum Gasteiger partial charge on any atom is 0.422 e. The second-order valence-corrected chi connectivity index (χ2v) is 14.6. The van der Waals surface area contributed by atoms with Crippen molar-refractivity contribution in [3.63, 3.8) is 0 Å². The van der Waals surface area contributed by atoms with E-state index in [-0.39, 0.29) is 34.9 Å². The van der Waals surface area contributed by atoms with Crippen molar-refractivity contribution >= 4 is 44.8 Å². The van der Waals surface area contributed by atoms with Gasteiger partial charge < -0.3 is 28.9 Å². The maximum absolute atomic E-state index is 13.3. The van der Waals surface area contributed by atoms with E-state index < -0.39 is 18.4 Å². The van der Waals surface area contributed by atoms with E-state index in [0.717, 1.165) is 38.5 Å². The van der Waals surface area contributed by atoms with Crippen molar-refractivity contribution in [1.29, 1.82) is 0 Å². The van der Waals surface area contributed by atoms with Gasteiger partial charge in [-0.25, -0.2) is 4.79 Å². The van der Waals surface area contributed by atoms with E-state index >= 15 is 0 Å². The Morgan fingerprint density at radius 1 is 1.13 bits per heavy atom. The van der Waals surface area contributed by atoms with Gasteiger partial charge in [0.05, 0.1) is 4.47 Å². The van der Waals surface area contributed by atoms with Crippen LogP contribution in [0.4, 0.5) is 23.8 Å². The van der Waals surface area contributed by atoms with Crippen molar-refractivity contribution in [2.45, 2.75) is 83.2 Å². The second kappa shape index (κ2) is 12.8. The molecule has 1 aliphatic carbocycles. The highest BCUT2D eigenvalue weighted by atomic mass is 79.9. The molecule has 2 saturated heterocycles. The van der Waals surface area contributed by atoms with Crippen molar-refractivity contribution in [3.8, 4) is 11.8 Å². The highest BCUT2D eigenvalue weighted by Gasteiger charge is 2.48. The molecule has 2 aliphatic heterocycles. The van der Waals surface area contributed by atoms with E-state index in [1.807, 2.05) is 26.8 Å². The van der Waals surface area contributed by atoms with Gasteiger partial charge in [0.1, 0.15) is 23.0 Å².